The molecule has 0 aliphatic rings. The summed E-state index contributed by atoms with van der Waals surface area (Å²) in [6.45, 7) is 15.7. The van der Waals surface area contributed by atoms with Crippen molar-refractivity contribution in [3.05, 3.63) is 23.8 Å². The predicted molar refractivity (Wildman–Crippen MR) is 139 cm³/mol. The molecule has 1 aromatic rings. The van der Waals surface area contributed by atoms with Crippen molar-refractivity contribution in [2.24, 2.45) is 23.0 Å². The third-order valence-electron chi connectivity index (χ3n) is 6.09. The molecule has 0 saturated carbocycles. The maximum absolute atomic E-state index is 12.6. The summed E-state index contributed by atoms with van der Waals surface area (Å²) in [6, 6.07) is 3.66. The van der Waals surface area contributed by atoms with E-state index in [0.29, 0.717) is 18.4 Å². The maximum atomic E-state index is 12.6. The van der Waals surface area contributed by atoms with Gasteiger partial charge < -0.3 is 24.7 Å². The van der Waals surface area contributed by atoms with Gasteiger partial charge in [-0.1, -0.05) is 33.8 Å². The molecule has 0 amide bonds. The summed E-state index contributed by atoms with van der Waals surface area (Å²) in [5.74, 6) is -2.45. The smallest absolute Gasteiger partial charge is 0.323 e. The van der Waals surface area contributed by atoms with Crippen molar-refractivity contribution in [3.63, 3.8) is 0 Å². The number of ether oxygens (including phenoxy) is 4. The van der Waals surface area contributed by atoms with Crippen molar-refractivity contribution in [2.75, 3.05) is 0 Å². The first-order valence-electron chi connectivity index (χ1n) is 12.8. The topological polar surface area (TPSA) is 131 Å². The van der Waals surface area contributed by atoms with Crippen LogP contribution in [0, 0.1) is 17.3 Å². The zero-order valence-corrected chi connectivity index (χ0v) is 23.6. The van der Waals surface area contributed by atoms with Crippen LogP contribution >= 0.6 is 0 Å². The van der Waals surface area contributed by atoms with E-state index in [-0.39, 0.29) is 29.8 Å². The van der Waals surface area contributed by atoms with E-state index in [4.69, 9.17) is 24.7 Å². The molecular weight excluding hydrogens is 478 g/mol. The molecule has 5 atom stereocenters. The first kappa shape index (κ1) is 32.1. The van der Waals surface area contributed by atoms with E-state index >= 15 is 0 Å². The average molecular weight is 522 g/mol. The minimum Gasteiger partial charge on any atom is -0.458 e. The molecule has 9 nitrogen and oxygen atoms in total. The minimum atomic E-state index is -1.03. The zero-order chi connectivity index (χ0) is 28.5. The molecule has 0 aromatic heterocycles. The monoisotopic (exact) mass is 521 g/mol. The van der Waals surface area contributed by atoms with Crippen molar-refractivity contribution < 1.29 is 38.1 Å². The van der Waals surface area contributed by atoms with Gasteiger partial charge in [-0.25, -0.2) is 0 Å². The summed E-state index contributed by atoms with van der Waals surface area (Å²) in [6.07, 6.45) is -0.107. The summed E-state index contributed by atoms with van der Waals surface area (Å²) in [5, 5.41) is 0. The SMILES string of the molecule is CCC(C)C(=O)Oc1ccc(C[C@H](N)C(=O)O[C@@H](C)C(C)OC(=O)C(C)(C)C)cc1OC(=O)C(C)CC. The Balaban J connectivity index is 2.98. The third-order valence-corrected chi connectivity index (χ3v) is 6.09. The van der Waals surface area contributed by atoms with Gasteiger partial charge in [-0.3, -0.25) is 19.2 Å². The Morgan fingerprint density at radius 2 is 1.27 bits per heavy atom. The van der Waals surface area contributed by atoms with Gasteiger partial charge in [0, 0.05) is 0 Å². The third kappa shape index (κ3) is 10.1. The largest absolute Gasteiger partial charge is 0.458 e. The van der Waals surface area contributed by atoms with Gasteiger partial charge in [0.05, 0.1) is 17.3 Å². The fraction of sp³-hybridized carbons (Fsp3) is 0.643. The van der Waals surface area contributed by atoms with E-state index in [1.165, 1.54) is 12.1 Å². The molecule has 0 fully saturated rings. The van der Waals surface area contributed by atoms with Gasteiger partial charge in [0.25, 0.3) is 0 Å². The van der Waals surface area contributed by atoms with Crippen molar-refractivity contribution >= 4 is 23.9 Å². The number of rotatable bonds is 12. The normalized spacial score (nSPS) is 15.5. The highest BCUT2D eigenvalue weighted by Gasteiger charge is 2.29. The molecule has 0 bridgehead atoms. The Labute approximate surface area is 220 Å². The van der Waals surface area contributed by atoms with E-state index in [1.54, 1.807) is 54.5 Å². The van der Waals surface area contributed by atoms with Crippen LogP contribution in [0.2, 0.25) is 0 Å². The Morgan fingerprint density at radius 3 is 1.76 bits per heavy atom. The number of hydrogen-bond donors (Lipinski definition) is 1. The molecule has 37 heavy (non-hydrogen) atoms. The molecular formula is C28H43NO8. The molecule has 0 aliphatic carbocycles. The molecule has 0 aliphatic heterocycles. The fourth-order valence-electron chi connectivity index (χ4n) is 2.74. The number of hydrogen-bond acceptors (Lipinski definition) is 9. The van der Waals surface area contributed by atoms with Gasteiger partial charge in [0.2, 0.25) is 0 Å². The highest BCUT2D eigenvalue weighted by molar-refractivity contribution is 5.79. The lowest BCUT2D eigenvalue weighted by Crippen LogP contribution is -2.40. The number of benzene rings is 1. The molecule has 1 rings (SSSR count). The highest BCUT2D eigenvalue weighted by atomic mass is 16.6. The summed E-state index contributed by atoms with van der Waals surface area (Å²) in [7, 11) is 0. The molecule has 208 valence electrons. The lowest BCUT2D eigenvalue weighted by atomic mass is 9.97. The van der Waals surface area contributed by atoms with Gasteiger partial charge in [0.15, 0.2) is 11.5 Å². The highest BCUT2D eigenvalue weighted by Crippen LogP contribution is 2.31. The van der Waals surface area contributed by atoms with Crippen LogP contribution in [0.4, 0.5) is 0 Å². The second kappa shape index (κ2) is 14.1. The van der Waals surface area contributed by atoms with Gasteiger partial charge in [0.1, 0.15) is 18.2 Å². The van der Waals surface area contributed by atoms with E-state index < -0.39 is 47.5 Å². The van der Waals surface area contributed by atoms with Gasteiger partial charge in [-0.15, -0.1) is 0 Å². The average Bonchev–Trinajstić information content (AvgIpc) is 2.83. The van der Waals surface area contributed by atoms with E-state index in [2.05, 4.69) is 0 Å². The number of nitrogens with two attached hydrogens (primary N) is 1. The quantitative estimate of drug-likeness (QED) is 0.314. The van der Waals surface area contributed by atoms with Crippen molar-refractivity contribution in [1.82, 2.24) is 0 Å². The molecule has 0 radical (unpaired) electrons. The van der Waals surface area contributed by atoms with Crippen molar-refractivity contribution in [3.8, 4) is 11.5 Å². The van der Waals surface area contributed by atoms with E-state index in [1.807, 2.05) is 13.8 Å². The van der Waals surface area contributed by atoms with Gasteiger partial charge in [-0.05, 0) is 71.6 Å². The maximum Gasteiger partial charge on any atom is 0.323 e. The van der Waals surface area contributed by atoms with Crippen LogP contribution in [0.15, 0.2) is 18.2 Å². The Bertz CT molecular complexity index is 952. The summed E-state index contributed by atoms with van der Waals surface area (Å²) in [5.41, 5.74) is 5.99. The fourth-order valence-corrected chi connectivity index (χ4v) is 2.74. The number of carbonyl (C=O) groups excluding carboxylic acids is 4. The van der Waals surface area contributed by atoms with Crippen molar-refractivity contribution in [1.29, 1.82) is 0 Å². The minimum absolute atomic E-state index is 0.0786. The van der Waals surface area contributed by atoms with Crippen LogP contribution in [-0.2, 0) is 35.1 Å². The van der Waals surface area contributed by atoms with Crippen LogP contribution in [-0.4, -0.2) is 42.1 Å². The Morgan fingerprint density at radius 1 is 0.784 bits per heavy atom. The van der Waals surface area contributed by atoms with Crippen LogP contribution in [0.1, 0.15) is 80.7 Å². The standard InChI is InChI=1S/C28H43NO8/c1-10-16(3)24(30)36-22-13-12-20(15-23(22)37-25(31)17(4)11-2)14-21(29)26(32)34-18(5)19(6)35-27(33)28(7,8)9/h12-13,15-19,21H,10-11,14,29H2,1-9H3/t16?,17?,18-,19?,21-/m0/s1. The lowest BCUT2D eigenvalue weighted by molar-refractivity contribution is -0.171. The van der Waals surface area contributed by atoms with Gasteiger partial charge in [-0.2, -0.15) is 0 Å². The molecule has 2 N–H and O–H groups in total. The molecule has 1 aromatic carbocycles. The first-order valence-corrected chi connectivity index (χ1v) is 12.8. The van der Waals surface area contributed by atoms with E-state index in [9.17, 15) is 19.2 Å². The summed E-state index contributed by atoms with van der Waals surface area (Å²) < 4.78 is 21.8. The number of esters is 4. The lowest BCUT2D eigenvalue weighted by Gasteiger charge is -2.25. The van der Waals surface area contributed by atoms with Crippen molar-refractivity contribution in [2.45, 2.75) is 99.8 Å². The molecule has 0 saturated heterocycles. The second-order valence-electron chi connectivity index (χ2n) is 10.6. The zero-order valence-electron chi connectivity index (χ0n) is 23.6. The van der Waals surface area contributed by atoms with Crippen LogP contribution < -0.4 is 15.2 Å². The van der Waals surface area contributed by atoms with Crippen LogP contribution in [0.5, 0.6) is 11.5 Å². The number of carbonyl (C=O) groups is 4. The van der Waals surface area contributed by atoms with Crippen LogP contribution in [0.3, 0.4) is 0 Å². The van der Waals surface area contributed by atoms with Crippen LogP contribution in [0.25, 0.3) is 0 Å². The molecule has 3 unspecified atom stereocenters. The first-order chi connectivity index (χ1) is 17.1. The second-order valence-corrected chi connectivity index (χ2v) is 10.6. The Kier molecular flexibility index (Phi) is 12.2. The molecule has 0 spiro atoms. The molecule has 9 heteroatoms. The summed E-state index contributed by atoms with van der Waals surface area (Å²) >= 11 is 0. The van der Waals surface area contributed by atoms with E-state index in [0.717, 1.165) is 0 Å². The summed E-state index contributed by atoms with van der Waals surface area (Å²) in [4.78, 5) is 49.5. The predicted octanol–water partition coefficient (Wildman–Crippen LogP) is 4.37. The Hall–Kier alpha value is -2.94. The van der Waals surface area contributed by atoms with Gasteiger partial charge >= 0.3 is 23.9 Å². The molecule has 0 heterocycles.